The number of carbonyl (C=O) groups is 1. The fourth-order valence-electron chi connectivity index (χ4n) is 4.28. The molecule has 0 aliphatic carbocycles. The van der Waals surface area contributed by atoms with E-state index in [-0.39, 0.29) is 11.8 Å². The van der Waals surface area contributed by atoms with E-state index >= 15 is 0 Å². The molecular weight excluding hydrogens is 436 g/mol. The van der Waals surface area contributed by atoms with Gasteiger partial charge in [-0.25, -0.2) is 4.98 Å². The molecule has 4 aromatic rings. The highest BCUT2D eigenvalue weighted by molar-refractivity contribution is 6.30. The highest BCUT2D eigenvalue weighted by Crippen LogP contribution is 2.28. The Labute approximate surface area is 197 Å². The van der Waals surface area contributed by atoms with Gasteiger partial charge in [0.1, 0.15) is 11.5 Å². The average Bonchev–Trinajstić information content (AvgIpc) is 3.50. The first-order chi connectivity index (χ1) is 16.0. The summed E-state index contributed by atoms with van der Waals surface area (Å²) in [6.45, 7) is 3.34. The number of amides is 1. The Morgan fingerprint density at radius 1 is 1.21 bits per heavy atom. The number of likely N-dealkylation sites (tertiary alicyclic amines) is 1. The molecule has 2 aromatic heterocycles. The summed E-state index contributed by atoms with van der Waals surface area (Å²) in [5.41, 5.74) is 4.52. The number of benzene rings is 2. The van der Waals surface area contributed by atoms with Crippen molar-refractivity contribution in [3.05, 3.63) is 94.3 Å². The van der Waals surface area contributed by atoms with Crippen molar-refractivity contribution in [3.8, 4) is 11.3 Å². The summed E-state index contributed by atoms with van der Waals surface area (Å²) in [6.07, 6.45) is 4.26. The van der Waals surface area contributed by atoms with Gasteiger partial charge in [-0.15, -0.1) is 0 Å². The minimum atomic E-state index is -0.0451. The molecule has 1 aliphatic rings. The lowest BCUT2D eigenvalue weighted by Crippen LogP contribution is -2.39. The second-order valence-electron chi connectivity index (χ2n) is 8.59. The van der Waals surface area contributed by atoms with Crippen molar-refractivity contribution in [3.63, 3.8) is 0 Å². The van der Waals surface area contributed by atoms with Crippen molar-refractivity contribution >= 4 is 17.5 Å². The Morgan fingerprint density at radius 3 is 2.88 bits per heavy atom. The van der Waals surface area contributed by atoms with Crippen molar-refractivity contribution < 1.29 is 9.21 Å². The summed E-state index contributed by atoms with van der Waals surface area (Å²) in [6, 6.07) is 17.7. The van der Waals surface area contributed by atoms with Crippen LogP contribution in [0.3, 0.4) is 0 Å². The van der Waals surface area contributed by atoms with E-state index in [1.165, 1.54) is 5.56 Å². The predicted octanol–water partition coefficient (Wildman–Crippen LogP) is 5.64. The van der Waals surface area contributed by atoms with E-state index in [1.807, 2.05) is 66.4 Å². The molecule has 0 radical (unpaired) electrons. The first kappa shape index (κ1) is 21.5. The van der Waals surface area contributed by atoms with Gasteiger partial charge in [-0.2, -0.15) is 5.10 Å². The third-order valence-corrected chi connectivity index (χ3v) is 6.29. The molecule has 1 N–H and O–H groups in total. The van der Waals surface area contributed by atoms with Gasteiger partial charge in [0.25, 0.3) is 5.91 Å². The molecule has 0 unspecified atom stereocenters. The van der Waals surface area contributed by atoms with Crippen LogP contribution in [0.15, 0.2) is 65.2 Å². The molecule has 1 saturated heterocycles. The predicted molar refractivity (Wildman–Crippen MR) is 127 cm³/mol. The SMILES string of the molecule is Cc1ccc(-c2cc(C(=O)N3CCC[C@H](c4ncc(Cc5cccc(Cl)c5)o4)C3)[nH]n2)cc1. The van der Waals surface area contributed by atoms with Crippen LogP contribution < -0.4 is 0 Å². The van der Waals surface area contributed by atoms with Crippen LogP contribution in [-0.2, 0) is 6.42 Å². The highest BCUT2D eigenvalue weighted by atomic mass is 35.5. The molecule has 1 amide bonds. The van der Waals surface area contributed by atoms with Crippen molar-refractivity contribution in [1.29, 1.82) is 0 Å². The number of rotatable bonds is 5. The summed E-state index contributed by atoms with van der Waals surface area (Å²) in [5.74, 6) is 1.52. The van der Waals surface area contributed by atoms with Gasteiger partial charge in [0, 0.05) is 30.1 Å². The number of hydrogen-bond donors (Lipinski definition) is 1. The van der Waals surface area contributed by atoms with E-state index in [1.54, 1.807) is 6.20 Å². The molecule has 7 heteroatoms. The number of nitrogens with one attached hydrogen (secondary N) is 1. The van der Waals surface area contributed by atoms with Crippen LogP contribution >= 0.6 is 11.6 Å². The average molecular weight is 461 g/mol. The van der Waals surface area contributed by atoms with E-state index in [0.717, 1.165) is 35.4 Å². The van der Waals surface area contributed by atoms with Crippen LogP contribution in [0.25, 0.3) is 11.3 Å². The summed E-state index contributed by atoms with van der Waals surface area (Å²) in [7, 11) is 0. The number of aromatic amines is 1. The summed E-state index contributed by atoms with van der Waals surface area (Å²) in [4.78, 5) is 19.5. The van der Waals surface area contributed by atoms with Gasteiger partial charge < -0.3 is 9.32 Å². The van der Waals surface area contributed by atoms with Gasteiger partial charge in [0.05, 0.1) is 17.8 Å². The lowest BCUT2D eigenvalue weighted by Gasteiger charge is -2.30. The third kappa shape index (κ3) is 4.86. The first-order valence-electron chi connectivity index (χ1n) is 11.2. The number of hydrogen-bond acceptors (Lipinski definition) is 4. The Bertz CT molecular complexity index is 1260. The molecule has 168 valence electrons. The molecule has 5 rings (SSSR count). The number of aryl methyl sites for hydroxylation is 1. The fraction of sp³-hybridized carbons (Fsp3) is 0.269. The van der Waals surface area contributed by atoms with Crippen molar-refractivity contribution in [2.45, 2.75) is 32.1 Å². The van der Waals surface area contributed by atoms with Gasteiger partial charge in [0.15, 0.2) is 5.89 Å². The lowest BCUT2D eigenvalue weighted by molar-refractivity contribution is 0.0692. The zero-order valence-electron chi connectivity index (χ0n) is 18.4. The summed E-state index contributed by atoms with van der Waals surface area (Å²) < 4.78 is 6.06. The third-order valence-electron chi connectivity index (χ3n) is 6.05. The first-order valence-corrected chi connectivity index (χ1v) is 11.5. The standard InChI is InChI=1S/C26H25ClN4O2/c1-17-7-9-19(10-8-17)23-14-24(30-29-23)26(32)31-11-3-5-20(16-31)25-28-15-22(33-25)13-18-4-2-6-21(27)12-18/h2,4,6-10,12,14-15,20H,3,5,11,13,16H2,1H3,(H,29,30)/t20-/m0/s1. The van der Waals surface area contributed by atoms with Gasteiger partial charge >= 0.3 is 0 Å². The van der Waals surface area contributed by atoms with Crippen molar-refractivity contribution in [2.24, 2.45) is 0 Å². The molecule has 1 aliphatic heterocycles. The molecule has 0 bridgehead atoms. The van der Waals surface area contributed by atoms with Gasteiger partial charge in [-0.05, 0) is 43.5 Å². The molecule has 3 heterocycles. The Hall–Kier alpha value is -3.38. The monoisotopic (exact) mass is 460 g/mol. The molecule has 0 saturated carbocycles. The topological polar surface area (TPSA) is 75.0 Å². The van der Waals surface area contributed by atoms with E-state index in [4.69, 9.17) is 16.0 Å². The lowest BCUT2D eigenvalue weighted by atomic mass is 9.97. The second-order valence-corrected chi connectivity index (χ2v) is 9.03. The maximum absolute atomic E-state index is 13.1. The number of oxazole rings is 1. The molecule has 33 heavy (non-hydrogen) atoms. The largest absolute Gasteiger partial charge is 0.445 e. The number of piperidine rings is 1. The van der Waals surface area contributed by atoms with Crippen LogP contribution in [0, 0.1) is 6.92 Å². The summed E-state index contributed by atoms with van der Waals surface area (Å²) >= 11 is 6.09. The van der Waals surface area contributed by atoms with Crippen molar-refractivity contribution in [1.82, 2.24) is 20.1 Å². The van der Waals surface area contributed by atoms with Gasteiger partial charge in [-0.1, -0.05) is 53.6 Å². The highest BCUT2D eigenvalue weighted by Gasteiger charge is 2.29. The zero-order valence-corrected chi connectivity index (χ0v) is 19.2. The summed E-state index contributed by atoms with van der Waals surface area (Å²) in [5, 5.41) is 7.97. The Kier molecular flexibility index (Phi) is 6.01. The van der Waals surface area contributed by atoms with E-state index in [9.17, 15) is 4.79 Å². The van der Waals surface area contributed by atoms with Crippen LogP contribution in [0.1, 0.15) is 52.0 Å². The van der Waals surface area contributed by atoms with E-state index < -0.39 is 0 Å². The number of carbonyl (C=O) groups excluding carboxylic acids is 1. The smallest absolute Gasteiger partial charge is 0.271 e. The maximum Gasteiger partial charge on any atom is 0.271 e. The van der Waals surface area contributed by atoms with E-state index in [0.29, 0.717) is 36.1 Å². The normalized spacial score (nSPS) is 16.2. The van der Waals surface area contributed by atoms with E-state index in [2.05, 4.69) is 15.2 Å². The molecule has 6 nitrogen and oxygen atoms in total. The van der Waals surface area contributed by atoms with Gasteiger partial charge in [0.2, 0.25) is 0 Å². The van der Waals surface area contributed by atoms with Gasteiger partial charge in [-0.3, -0.25) is 9.89 Å². The molecule has 0 spiro atoms. The Morgan fingerprint density at radius 2 is 2.06 bits per heavy atom. The number of aromatic nitrogens is 3. The van der Waals surface area contributed by atoms with Crippen LogP contribution in [0.2, 0.25) is 5.02 Å². The molecule has 2 aromatic carbocycles. The number of nitrogens with zero attached hydrogens (tertiary/aromatic N) is 3. The minimum absolute atomic E-state index is 0.0451. The molecule has 1 fully saturated rings. The minimum Gasteiger partial charge on any atom is -0.445 e. The molecule has 1 atom stereocenters. The second kappa shape index (κ2) is 9.24. The van der Waals surface area contributed by atoms with Crippen LogP contribution in [0.4, 0.5) is 0 Å². The van der Waals surface area contributed by atoms with Crippen LogP contribution in [0.5, 0.6) is 0 Å². The fourth-order valence-corrected chi connectivity index (χ4v) is 4.49. The number of H-pyrrole nitrogens is 1. The number of halogens is 1. The quantitative estimate of drug-likeness (QED) is 0.418. The zero-order chi connectivity index (χ0) is 22.8. The van der Waals surface area contributed by atoms with Crippen molar-refractivity contribution in [2.75, 3.05) is 13.1 Å². The van der Waals surface area contributed by atoms with Crippen LogP contribution in [-0.4, -0.2) is 39.1 Å². The maximum atomic E-state index is 13.1. The Balaban J connectivity index is 1.26. The molecular formula is C26H25ClN4O2.